The minimum absolute atomic E-state index is 1.06. The summed E-state index contributed by atoms with van der Waals surface area (Å²) in [5.41, 5.74) is 7.42. The largest absolute Gasteiger partial charge is 0.325 e. The summed E-state index contributed by atoms with van der Waals surface area (Å²) in [6.07, 6.45) is 4.20. The zero-order chi connectivity index (χ0) is 10.5. The van der Waals surface area contributed by atoms with E-state index in [9.17, 15) is 0 Å². The summed E-state index contributed by atoms with van der Waals surface area (Å²) < 4.78 is 0. The van der Waals surface area contributed by atoms with Gasteiger partial charge in [-0.2, -0.15) is 0 Å². The van der Waals surface area contributed by atoms with Gasteiger partial charge in [0, 0.05) is 5.56 Å². The molecule has 0 spiro atoms. The second kappa shape index (κ2) is 4.58. The third-order valence-corrected chi connectivity index (χ3v) is 2.31. The van der Waals surface area contributed by atoms with Crippen molar-refractivity contribution in [1.82, 2.24) is 0 Å². The molecule has 2 aromatic rings. The van der Waals surface area contributed by atoms with Gasteiger partial charge in [0.1, 0.15) is 5.69 Å². The highest BCUT2D eigenvalue weighted by Crippen LogP contribution is 2.12. The first-order chi connectivity index (χ1) is 7.36. The van der Waals surface area contributed by atoms with Crippen molar-refractivity contribution in [2.24, 2.45) is 0 Å². The van der Waals surface area contributed by atoms with Crippen molar-refractivity contribution < 1.29 is 5.73 Å². The maximum Gasteiger partial charge on any atom is 0.135 e. The molecule has 1 heteroatoms. The van der Waals surface area contributed by atoms with Crippen molar-refractivity contribution in [3.05, 3.63) is 65.7 Å². The smallest absolute Gasteiger partial charge is 0.135 e. The Morgan fingerprint density at radius 2 is 1.40 bits per heavy atom. The van der Waals surface area contributed by atoms with Crippen LogP contribution in [0.15, 0.2) is 54.6 Å². The van der Waals surface area contributed by atoms with Crippen LogP contribution in [0, 0.1) is 0 Å². The third-order valence-electron chi connectivity index (χ3n) is 2.31. The lowest BCUT2D eigenvalue weighted by atomic mass is 10.1. The highest BCUT2D eigenvalue weighted by atomic mass is 14.5. The van der Waals surface area contributed by atoms with Crippen molar-refractivity contribution in [3.63, 3.8) is 0 Å². The summed E-state index contributed by atoms with van der Waals surface area (Å²) in [4.78, 5) is 0. The molecule has 0 aliphatic carbocycles. The van der Waals surface area contributed by atoms with E-state index < -0.39 is 0 Å². The number of benzene rings is 2. The van der Waals surface area contributed by atoms with E-state index in [-0.39, 0.29) is 0 Å². The molecule has 15 heavy (non-hydrogen) atoms. The van der Waals surface area contributed by atoms with Crippen LogP contribution in [0.25, 0.3) is 12.2 Å². The van der Waals surface area contributed by atoms with Crippen LogP contribution in [-0.4, -0.2) is 0 Å². The van der Waals surface area contributed by atoms with Crippen LogP contribution >= 0.6 is 0 Å². The highest BCUT2D eigenvalue weighted by Gasteiger charge is 1.94. The van der Waals surface area contributed by atoms with Gasteiger partial charge in [-0.25, -0.2) is 0 Å². The zero-order valence-corrected chi connectivity index (χ0v) is 8.56. The first-order valence-corrected chi connectivity index (χ1v) is 5.00. The Morgan fingerprint density at radius 3 is 2.13 bits per heavy atom. The molecule has 3 N–H and O–H groups in total. The van der Waals surface area contributed by atoms with Crippen LogP contribution in [0.5, 0.6) is 0 Å². The molecule has 0 aliphatic heterocycles. The van der Waals surface area contributed by atoms with Gasteiger partial charge in [-0.05, 0) is 23.8 Å². The maximum absolute atomic E-state index is 3.98. The van der Waals surface area contributed by atoms with Gasteiger partial charge in [0.05, 0.1) is 0 Å². The van der Waals surface area contributed by atoms with Gasteiger partial charge in [-0.3, -0.25) is 0 Å². The van der Waals surface area contributed by atoms with Crippen molar-refractivity contribution in [1.29, 1.82) is 0 Å². The fraction of sp³-hybridized carbons (Fsp3) is 0. The van der Waals surface area contributed by atoms with Crippen molar-refractivity contribution in [2.75, 3.05) is 0 Å². The lowest BCUT2D eigenvalue weighted by Gasteiger charge is -1.95. The third kappa shape index (κ3) is 2.55. The quantitative estimate of drug-likeness (QED) is 0.715. The second-order valence-corrected chi connectivity index (χ2v) is 3.44. The first-order valence-electron chi connectivity index (χ1n) is 5.00. The van der Waals surface area contributed by atoms with E-state index in [1.807, 2.05) is 36.4 Å². The Morgan fingerprint density at radius 1 is 0.733 bits per heavy atom. The number of quaternary nitrogens is 1. The van der Waals surface area contributed by atoms with E-state index in [1.54, 1.807) is 0 Å². The van der Waals surface area contributed by atoms with Crippen molar-refractivity contribution in [3.8, 4) is 0 Å². The summed E-state index contributed by atoms with van der Waals surface area (Å²) in [5, 5.41) is 0. The Hall–Kier alpha value is -1.86. The summed E-state index contributed by atoms with van der Waals surface area (Å²) in [7, 11) is 0. The topological polar surface area (TPSA) is 27.6 Å². The summed E-state index contributed by atoms with van der Waals surface area (Å²) in [6, 6.07) is 18.4. The normalized spacial score (nSPS) is 10.7. The van der Waals surface area contributed by atoms with E-state index >= 15 is 0 Å². The summed E-state index contributed by atoms with van der Waals surface area (Å²) in [6.45, 7) is 0. The Bertz CT molecular complexity index is 458. The van der Waals surface area contributed by atoms with E-state index in [1.165, 1.54) is 11.1 Å². The van der Waals surface area contributed by atoms with Gasteiger partial charge in [-0.1, -0.05) is 48.5 Å². The maximum atomic E-state index is 3.98. The predicted octanol–water partition coefficient (Wildman–Crippen LogP) is 2.73. The van der Waals surface area contributed by atoms with Crippen LogP contribution in [0.4, 0.5) is 5.69 Å². The lowest BCUT2D eigenvalue weighted by Crippen LogP contribution is -2.40. The summed E-state index contributed by atoms with van der Waals surface area (Å²) in [5.74, 6) is 0. The molecule has 0 fully saturated rings. The van der Waals surface area contributed by atoms with Gasteiger partial charge in [0.2, 0.25) is 0 Å². The van der Waals surface area contributed by atoms with Crippen LogP contribution in [-0.2, 0) is 0 Å². The van der Waals surface area contributed by atoms with Gasteiger partial charge >= 0.3 is 0 Å². The second-order valence-electron chi connectivity index (χ2n) is 3.44. The molecule has 2 aromatic carbocycles. The zero-order valence-electron chi connectivity index (χ0n) is 8.56. The number of rotatable bonds is 2. The molecule has 74 valence electrons. The Labute approximate surface area is 89.9 Å². The molecular weight excluding hydrogens is 182 g/mol. The van der Waals surface area contributed by atoms with Crippen LogP contribution in [0.1, 0.15) is 11.1 Å². The van der Waals surface area contributed by atoms with E-state index in [0.717, 1.165) is 5.69 Å². The average molecular weight is 196 g/mol. The van der Waals surface area contributed by atoms with E-state index in [0.29, 0.717) is 0 Å². The molecule has 0 heterocycles. The van der Waals surface area contributed by atoms with Gasteiger partial charge in [0.25, 0.3) is 0 Å². The van der Waals surface area contributed by atoms with Crippen molar-refractivity contribution in [2.45, 2.75) is 0 Å². The Balaban J connectivity index is 2.23. The minimum Gasteiger partial charge on any atom is -0.325 e. The van der Waals surface area contributed by atoms with Gasteiger partial charge in [0.15, 0.2) is 0 Å². The standard InChI is InChI=1S/C14H13N/c15-14-9-5-4-8-13(14)11-10-12-6-2-1-3-7-12/h1-11H,15H2/p+1/b11-10+. The highest BCUT2D eigenvalue weighted by molar-refractivity contribution is 5.73. The molecule has 0 saturated carbocycles. The molecule has 0 atom stereocenters. The fourth-order valence-electron chi connectivity index (χ4n) is 1.45. The fourth-order valence-corrected chi connectivity index (χ4v) is 1.45. The molecule has 0 aromatic heterocycles. The monoisotopic (exact) mass is 196 g/mol. The average Bonchev–Trinajstić information content (AvgIpc) is 2.29. The van der Waals surface area contributed by atoms with Gasteiger partial charge < -0.3 is 5.73 Å². The van der Waals surface area contributed by atoms with E-state index in [4.69, 9.17) is 0 Å². The molecule has 1 nitrogen and oxygen atoms in total. The summed E-state index contributed by atoms with van der Waals surface area (Å²) >= 11 is 0. The molecule has 0 bridgehead atoms. The lowest BCUT2D eigenvalue weighted by molar-refractivity contribution is -0.255. The van der Waals surface area contributed by atoms with Crippen LogP contribution in [0.2, 0.25) is 0 Å². The molecule has 0 aliphatic rings. The molecule has 0 radical (unpaired) electrons. The van der Waals surface area contributed by atoms with Crippen LogP contribution in [0.3, 0.4) is 0 Å². The predicted molar refractivity (Wildman–Crippen MR) is 64.4 cm³/mol. The van der Waals surface area contributed by atoms with Gasteiger partial charge in [-0.15, -0.1) is 0 Å². The molecule has 0 amide bonds. The molecule has 2 rings (SSSR count). The first kappa shape index (κ1) is 9.69. The molecule has 0 saturated heterocycles. The minimum atomic E-state index is 1.06. The van der Waals surface area contributed by atoms with E-state index in [2.05, 4.69) is 36.1 Å². The van der Waals surface area contributed by atoms with Crippen molar-refractivity contribution >= 4 is 17.8 Å². The van der Waals surface area contributed by atoms with Crippen LogP contribution < -0.4 is 5.73 Å². The SMILES string of the molecule is [NH3+]c1ccccc1/C=C/c1ccccc1. The molecular formula is C14H14N+. The number of hydrogen-bond acceptors (Lipinski definition) is 0. The number of hydrogen-bond donors (Lipinski definition) is 1. The molecule has 0 unspecified atom stereocenters. The Kier molecular flexibility index (Phi) is 2.96.